The van der Waals surface area contributed by atoms with E-state index in [0.717, 1.165) is 31.4 Å². The number of phenolic OH excluding ortho intramolecular Hbond substituents is 1. The minimum absolute atomic E-state index is 0.120. The highest BCUT2D eigenvalue weighted by molar-refractivity contribution is 6.31. The van der Waals surface area contributed by atoms with E-state index in [1.54, 1.807) is 0 Å². The Morgan fingerprint density at radius 1 is 1.22 bits per heavy atom. The molecule has 0 heterocycles. The molecule has 1 fully saturated rings. The third-order valence-corrected chi connectivity index (χ3v) is 4.47. The van der Waals surface area contributed by atoms with Gasteiger partial charge in [0.1, 0.15) is 11.5 Å². The van der Waals surface area contributed by atoms with Gasteiger partial charge in [-0.2, -0.15) is 13.2 Å². The molecule has 0 unspecified atom stereocenters. The normalized spacial score (nSPS) is 14.1. The van der Waals surface area contributed by atoms with Gasteiger partial charge in [0.15, 0.2) is 0 Å². The fourth-order valence-corrected chi connectivity index (χ4v) is 2.72. The lowest BCUT2D eigenvalue weighted by molar-refractivity contribution is -0.137. The molecule has 1 saturated carbocycles. The van der Waals surface area contributed by atoms with Crippen molar-refractivity contribution < 1.29 is 27.8 Å². The summed E-state index contributed by atoms with van der Waals surface area (Å²) in [6.45, 7) is 0.349. The van der Waals surface area contributed by atoms with Crippen molar-refractivity contribution in [2.75, 3.05) is 11.9 Å². The van der Waals surface area contributed by atoms with Crippen molar-refractivity contribution in [1.82, 2.24) is 0 Å². The van der Waals surface area contributed by atoms with Crippen LogP contribution in [0.3, 0.4) is 0 Å². The third kappa shape index (κ3) is 5.07. The molecule has 1 amide bonds. The predicted octanol–water partition coefficient (Wildman–Crippen LogP) is 5.50. The summed E-state index contributed by atoms with van der Waals surface area (Å²) in [5.41, 5.74) is -1.18. The van der Waals surface area contributed by atoms with Crippen molar-refractivity contribution in [1.29, 1.82) is 0 Å². The summed E-state index contributed by atoms with van der Waals surface area (Å²) in [5.74, 6) is -0.388. The molecule has 2 N–H and O–H groups in total. The lowest BCUT2D eigenvalue weighted by Crippen LogP contribution is -2.15. The zero-order valence-corrected chi connectivity index (χ0v) is 14.9. The van der Waals surface area contributed by atoms with Crippen LogP contribution in [0, 0.1) is 5.92 Å². The van der Waals surface area contributed by atoms with Crippen molar-refractivity contribution in [3.05, 3.63) is 52.5 Å². The first-order chi connectivity index (χ1) is 12.7. The molecular formula is C19H17ClF3NO3. The highest BCUT2D eigenvalue weighted by Crippen LogP contribution is 2.37. The fourth-order valence-electron chi connectivity index (χ4n) is 2.55. The highest BCUT2D eigenvalue weighted by atomic mass is 35.5. The molecule has 2 aromatic rings. The summed E-state index contributed by atoms with van der Waals surface area (Å²) in [4.78, 5) is 12.4. The van der Waals surface area contributed by atoms with Crippen molar-refractivity contribution in [3.8, 4) is 11.5 Å². The summed E-state index contributed by atoms with van der Waals surface area (Å²) >= 11 is 5.82. The average molecular weight is 400 g/mol. The number of alkyl halides is 3. The number of anilines is 1. The van der Waals surface area contributed by atoms with Gasteiger partial charge in [0.2, 0.25) is 0 Å². The Morgan fingerprint density at radius 2 is 1.96 bits per heavy atom. The van der Waals surface area contributed by atoms with Crippen LogP contribution in [-0.2, 0) is 6.18 Å². The van der Waals surface area contributed by atoms with E-state index in [0.29, 0.717) is 12.5 Å². The molecule has 27 heavy (non-hydrogen) atoms. The molecular weight excluding hydrogens is 383 g/mol. The largest absolute Gasteiger partial charge is 0.507 e. The molecule has 0 bridgehead atoms. The summed E-state index contributed by atoms with van der Waals surface area (Å²) in [5, 5.41) is 12.4. The number of hydrogen-bond donors (Lipinski definition) is 2. The molecule has 0 aliphatic heterocycles. The van der Waals surface area contributed by atoms with Gasteiger partial charge in [-0.15, -0.1) is 0 Å². The monoisotopic (exact) mass is 399 g/mol. The zero-order valence-electron chi connectivity index (χ0n) is 14.1. The Kier molecular flexibility index (Phi) is 5.51. The second-order valence-electron chi connectivity index (χ2n) is 6.40. The van der Waals surface area contributed by atoms with Crippen molar-refractivity contribution in [2.45, 2.75) is 25.4 Å². The van der Waals surface area contributed by atoms with E-state index < -0.39 is 17.6 Å². The van der Waals surface area contributed by atoms with Crippen LogP contribution >= 0.6 is 11.6 Å². The van der Waals surface area contributed by atoms with Crippen molar-refractivity contribution >= 4 is 23.2 Å². The van der Waals surface area contributed by atoms with E-state index in [4.69, 9.17) is 16.3 Å². The molecule has 1 aliphatic carbocycles. The summed E-state index contributed by atoms with van der Waals surface area (Å²) in [7, 11) is 0. The third-order valence-electron chi connectivity index (χ3n) is 4.24. The molecule has 0 radical (unpaired) electrons. The topological polar surface area (TPSA) is 58.6 Å². The van der Waals surface area contributed by atoms with E-state index in [-0.39, 0.29) is 27.8 Å². The number of amides is 1. The number of phenols is 1. The predicted molar refractivity (Wildman–Crippen MR) is 95.4 cm³/mol. The molecule has 8 heteroatoms. The van der Waals surface area contributed by atoms with E-state index in [1.165, 1.54) is 24.3 Å². The molecule has 0 saturated heterocycles. The van der Waals surface area contributed by atoms with Crippen LogP contribution in [-0.4, -0.2) is 17.6 Å². The van der Waals surface area contributed by atoms with Gasteiger partial charge in [-0.05, 0) is 48.7 Å². The maximum atomic E-state index is 13.0. The Morgan fingerprint density at radius 3 is 2.63 bits per heavy atom. The summed E-state index contributed by atoms with van der Waals surface area (Å²) in [6.07, 6.45) is -1.49. The molecule has 3 rings (SSSR count). The van der Waals surface area contributed by atoms with Crippen LogP contribution in [0.2, 0.25) is 5.02 Å². The van der Waals surface area contributed by atoms with Gasteiger partial charge in [-0.3, -0.25) is 4.79 Å². The average Bonchev–Trinajstić information content (AvgIpc) is 3.41. The molecule has 1 aliphatic rings. The Bertz CT molecular complexity index is 851. The zero-order chi connectivity index (χ0) is 19.6. The number of carbonyl (C=O) groups is 1. The van der Waals surface area contributed by atoms with Gasteiger partial charge in [-0.25, -0.2) is 0 Å². The van der Waals surface area contributed by atoms with Gasteiger partial charge in [0.05, 0.1) is 23.4 Å². The minimum atomic E-state index is -4.57. The Balaban J connectivity index is 1.85. The van der Waals surface area contributed by atoms with Crippen LogP contribution in [0.5, 0.6) is 11.5 Å². The first-order valence-electron chi connectivity index (χ1n) is 8.38. The number of hydrogen-bond acceptors (Lipinski definition) is 3. The number of rotatable bonds is 6. The number of aromatic hydroxyl groups is 1. The number of benzene rings is 2. The van der Waals surface area contributed by atoms with Gasteiger partial charge in [0.25, 0.3) is 5.91 Å². The van der Waals surface area contributed by atoms with E-state index in [2.05, 4.69) is 5.32 Å². The fraction of sp³-hybridized carbons (Fsp3) is 0.316. The molecule has 2 aromatic carbocycles. The lowest BCUT2D eigenvalue weighted by Gasteiger charge is -2.16. The molecule has 144 valence electrons. The second kappa shape index (κ2) is 7.68. The smallest absolute Gasteiger partial charge is 0.416 e. The second-order valence-corrected chi connectivity index (χ2v) is 6.84. The molecule has 0 aromatic heterocycles. The number of halogens is 4. The SMILES string of the molecule is O=C(Nc1cc(C(F)(F)F)ccc1OCCC1CC1)c1cc(Cl)ccc1O. The highest BCUT2D eigenvalue weighted by Gasteiger charge is 2.31. The van der Waals surface area contributed by atoms with Gasteiger partial charge in [-0.1, -0.05) is 24.4 Å². The first kappa shape index (κ1) is 19.4. The Hall–Kier alpha value is -2.41. The van der Waals surface area contributed by atoms with Crippen LogP contribution in [0.1, 0.15) is 35.2 Å². The van der Waals surface area contributed by atoms with Crippen LogP contribution in [0.15, 0.2) is 36.4 Å². The first-order valence-corrected chi connectivity index (χ1v) is 8.76. The van der Waals surface area contributed by atoms with E-state index in [1.807, 2.05) is 0 Å². The van der Waals surface area contributed by atoms with E-state index >= 15 is 0 Å². The van der Waals surface area contributed by atoms with Crippen LogP contribution < -0.4 is 10.1 Å². The summed E-state index contributed by atoms with van der Waals surface area (Å²) < 4.78 is 44.7. The van der Waals surface area contributed by atoms with Gasteiger partial charge in [0, 0.05) is 5.02 Å². The number of carbonyl (C=O) groups excluding carboxylic acids is 1. The molecule has 0 spiro atoms. The maximum Gasteiger partial charge on any atom is 0.416 e. The van der Waals surface area contributed by atoms with Crippen LogP contribution in [0.4, 0.5) is 18.9 Å². The Labute approximate surface area is 158 Å². The van der Waals surface area contributed by atoms with Crippen molar-refractivity contribution in [2.24, 2.45) is 5.92 Å². The van der Waals surface area contributed by atoms with Crippen molar-refractivity contribution in [3.63, 3.8) is 0 Å². The van der Waals surface area contributed by atoms with E-state index in [9.17, 15) is 23.1 Å². The maximum absolute atomic E-state index is 13.0. The molecule has 0 atom stereocenters. The quantitative estimate of drug-likeness (QED) is 0.674. The standard InChI is InChI=1S/C19H17ClF3NO3/c20-13-4-5-16(25)14(10-13)18(26)24-15-9-12(19(21,22)23)3-6-17(15)27-8-7-11-1-2-11/h3-6,9-11,25H,1-2,7-8H2,(H,24,26). The summed E-state index contributed by atoms with van der Waals surface area (Å²) in [6, 6.07) is 6.75. The minimum Gasteiger partial charge on any atom is -0.507 e. The number of nitrogens with one attached hydrogen (secondary N) is 1. The lowest BCUT2D eigenvalue weighted by atomic mass is 10.1. The van der Waals surface area contributed by atoms with Gasteiger partial charge >= 0.3 is 6.18 Å². The van der Waals surface area contributed by atoms with Gasteiger partial charge < -0.3 is 15.2 Å². The number of ether oxygens (including phenoxy) is 1. The molecule has 4 nitrogen and oxygen atoms in total. The van der Waals surface area contributed by atoms with Crippen LogP contribution in [0.25, 0.3) is 0 Å².